The number of aliphatic carboxylic acids is 1. The van der Waals surface area contributed by atoms with Crippen LogP contribution in [0.4, 0.5) is 8.78 Å². The summed E-state index contributed by atoms with van der Waals surface area (Å²) in [5, 5.41) is 10.4. The fraction of sp³-hybridized carbons (Fsp3) is 0.438. The lowest BCUT2D eigenvalue weighted by molar-refractivity contribution is -0.153. The summed E-state index contributed by atoms with van der Waals surface area (Å²) in [6.07, 6.45) is 3.17. The van der Waals surface area contributed by atoms with E-state index in [4.69, 9.17) is 16.3 Å². The topological polar surface area (TPSA) is 105 Å². The molecule has 2 aliphatic heterocycles. The van der Waals surface area contributed by atoms with Gasteiger partial charge in [0.25, 0.3) is 12.3 Å². The molecule has 9 nitrogen and oxygen atoms in total. The van der Waals surface area contributed by atoms with Crippen LogP contribution >= 0.6 is 11.6 Å². The van der Waals surface area contributed by atoms with Gasteiger partial charge in [-0.1, -0.05) is 42.6 Å². The zero-order chi connectivity index (χ0) is 31.0. The zero-order valence-electron chi connectivity index (χ0n) is 24.0. The van der Waals surface area contributed by atoms with Crippen molar-refractivity contribution in [2.75, 3.05) is 13.1 Å². The third-order valence-corrected chi connectivity index (χ3v) is 9.39. The van der Waals surface area contributed by atoms with Gasteiger partial charge >= 0.3 is 5.97 Å². The molecule has 0 radical (unpaired) electrons. The number of alkyl halides is 2. The molecule has 3 unspecified atom stereocenters. The molecule has 3 atom stereocenters. The summed E-state index contributed by atoms with van der Waals surface area (Å²) in [7, 11) is 0. The SMILES string of the molecule is O=C(O)C1CCCCC1C(=O)N1CCc2c(Cl)ccc(OCc3nccn3CC(F)F)c2C1CN1Cc2ccccc2C1=O. The molecule has 0 bridgehead atoms. The molecule has 3 aliphatic rings. The van der Waals surface area contributed by atoms with E-state index in [9.17, 15) is 28.3 Å². The molecule has 1 N–H and O–H groups in total. The van der Waals surface area contributed by atoms with Crippen molar-refractivity contribution < 1.29 is 33.0 Å². The smallest absolute Gasteiger partial charge is 0.307 e. The summed E-state index contributed by atoms with van der Waals surface area (Å²) >= 11 is 6.70. The molecule has 3 heterocycles. The predicted molar refractivity (Wildman–Crippen MR) is 156 cm³/mol. The second kappa shape index (κ2) is 12.6. The highest BCUT2D eigenvalue weighted by molar-refractivity contribution is 6.31. The Kier molecular flexibility index (Phi) is 8.57. The molecule has 0 saturated heterocycles. The number of nitrogens with zero attached hydrogens (tertiary/aromatic N) is 4. The number of amides is 2. The molecular formula is C32H33ClF2N4O5. The van der Waals surface area contributed by atoms with Crippen LogP contribution in [0.25, 0.3) is 0 Å². The molecule has 1 saturated carbocycles. The molecule has 12 heteroatoms. The maximum atomic E-state index is 14.3. The van der Waals surface area contributed by atoms with Crippen LogP contribution in [-0.4, -0.2) is 61.8 Å². The Balaban J connectivity index is 1.37. The van der Waals surface area contributed by atoms with Crippen LogP contribution in [-0.2, 0) is 35.7 Å². The minimum absolute atomic E-state index is 0.105. The van der Waals surface area contributed by atoms with Crippen molar-refractivity contribution in [3.8, 4) is 5.75 Å². The van der Waals surface area contributed by atoms with Crippen LogP contribution in [0.15, 0.2) is 48.8 Å². The number of aromatic nitrogens is 2. The van der Waals surface area contributed by atoms with Gasteiger partial charge in [0.2, 0.25) is 5.91 Å². The Labute approximate surface area is 258 Å². The number of hydrogen-bond donors (Lipinski definition) is 1. The Hall–Kier alpha value is -3.99. The van der Waals surface area contributed by atoms with Gasteiger partial charge in [-0.15, -0.1) is 0 Å². The monoisotopic (exact) mass is 626 g/mol. The molecule has 44 heavy (non-hydrogen) atoms. The van der Waals surface area contributed by atoms with Gasteiger partial charge in [0, 0.05) is 48.2 Å². The van der Waals surface area contributed by atoms with E-state index in [-0.39, 0.29) is 25.0 Å². The van der Waals surface area contributed by atoms with E-state index >= 15 is 0 Å². The van der Waals surface area contributed by atoms with E-state index in [0.29, 0.717) is 60.1 Å². The summed E-state index contributed by atoms with van der Waals surface area (Å²) in [4.78, 5) is 47.5. The standard InChI is InChI=1S/C32H33ClF2N4O5/c33-24-9-10-26(44-18-28-36-12-14-37(28)17-27(34)35)29-23(24)11-13-39(31(41)21-7-3-4-8-22(21)32(42)43)25(29)16-38-15-19-5-1-2-6-20(19)30(38)40/h1-2,5-6,9-10,12,14,21-22,25,27H,3-4,7-8,11,13,15-18H2,(H,42,43). The lowest BCUT2D eigenvalue weighted by Gasteiger charge is -2.43. The van der Waals surface area contributed by atoms with E-state index < -0.39 is 36.8 Å². The van der Waals surface area contributed by atoms with Crippen molar-refractivity contribution in [1.29, 1.82) is 0 Å². The van der Waals surface area contributed by atoms with E-state index in [2.05, 4.69) is 4.98 Å². The lowest BCUT2D eigenvalue weighted by atomic mass is 9.77. The third kappa shape index (κ3) is 5.77. The fourth-order valence-electron chi connectivity index (χ4n) is 6.90. The first-order valence-corrected chi connectivity index (χ1v) is 15.2. The first-order valence-electron chi connectivity index (χ1n) is 14.9. The van der Waals surface area contributed by atoms with Gasteiger partial charge in [-0.05, 0) is 48.6 Å². The minimum Gasteiger partial charge on any atom is -0.485 e. The number of carbonyl (C=O) groups excluding carboxylic acids is 2. The van der Waals surface area contributed by atoms with Crippen LogP contribution in [0.1, 0.15) is 64.6 Å². The molecule has 3 aromatic rings. The summed E-state index contributed by atoms with van der Waals surface area (Å²) in [5.74, 6) is -2.13. The summed E-state index contributed by atoms with van der Waals surface area (Å²) in [6, 6.07) is 10.1. The third-order valence-electron chi connectivity index (χ3n) is 9.04. The maximum Gasteiger partial charge on any atom is 0.307 e. The molecule has 1 aliphatic carbocycles. The molecule has 6 rings (SSSR count). The van der Waals surface area contributed by atoms with Crippen LogP contribution < -0.4 is 4.74 Å². The Morgan fingerprint density at radius 1 is 1.11 bits per heavy atom. The van der Waals surface area contributed by atoms with Crippen LogP contribution in [0.2, 0.25) is 5.02 Å². The normalized spacial score (nSPS) is 21.4. The Bertz CT molecular complexity index is 1580. The number of halogens is 3. The first-order chi connectivity index (χ1) is 21.2. The number of imidazole rings is 1. The summed E-state index contributed by atoms with van der Waals surface area (Å²) < 4.78 is 33.8. The van der Waals surface area contributed by atoms with Crippen molar-refractivity contribution in [3.63, 3.8) is 0 Å². The molecule has 1 aromatic heterocycles. The zero-order valence-corrected chi connectivity index (χ0v) is 24.8. The van der Waals surface area contributed by atoms with Crippen molar-refractivity contribution >= 4 is 29.4 Å². The van der Waals surface area contributed by atoms with E-state index in [1.807, 2.05) is 18.2 Å². The second-order valence-corrected chi connectivity index (χ2v) is 12.0. The molecule has 2 amide bonds. The lowest BCUT2D eigenvalue weighted by Crippen LogP contribution is -2.50. The average molecular weight is 627 g/mol. The summed E-state index contributed by atoms with van der Waals surface area (Å²) in [6.45, 7) is 0.188. The first kappa shape index (κ1) is 30.1. The van der Waals surface area contributed by atoms with Gasteiger partial charge in [0.15, 0.2) is 0 Å². The van der Waals surface area contributed by atoms with Gasteiger partial charge in [-0.2, -0.15) is 0 Å². The quantitative estimate of drug-likeness (QED) is 0.343. The highest BCUT2D eigenvalue weighted by atomic mass is 35.5. The fourth-order valence-corrected chi connectivity index (χ4v) is 7.16. The minimum atomic E-state index is -2.56. The largest absolute Gasteiger partial charge is 0.485 e. The average Bonchev–Trinajstić information content (AvgIpc) is 3.59. The van der Waals surface area contributed by atoms with Gasteiger partial charge in [0.1, 0.15) is 18.2 Å². The van der Waals surface area contributed by atoms with Crippen molar-refractivity contribution in [2.24, 2.45) is 11.8 Å². The van der Waals surface area contributed by atoms with E-state index in [1.165, 1.54) is 17.0 Å². The number of hydrogen-bond acceptors (Lipinski definition) is 5. The number of carboxylic acids is 1. The summed E-state index contributed by atoms with van der Waals surface area (Å²) in [5.41, 5.74) is 2.90. The predicted octanol–water partition coefficient (Wildman–Crippen LogP) is 5.35. The van der Waals surface area contributed by atoms with Crippen LogP contribution in [0, 0.1) is 11.8 Å². The van der Waals surface area contributed by atoms with E-state index in [0.717, 1.165) is 24.0 Å². The molecular weight excluding hydrogens is 594 g/mol. The van der Waals surface area contributed by atoms with Gasteiger partial charge in [0.05, 0.1) is 24.4 Å². The highest BCUT2D eigenvalue weighted by Gasteiger charge is 2.44. The van der Waals surface area contributed by atoms with Crippen LogP contribution in [0.3, 0.4) is 0 Å². The number of fused-ring (bicyclic) bond motifs is 2. The number of carboxylic acid groups (broad SMARTS) is 1. The Morgan fingerprint density at radius 2 is 1.89 bits per heavy atom. The Morgan fingerprint density at radius 3 is 2.64 bits per heavy atom. The van der Waals surface area contributed by atoms with Crippen molar-refractivity contribution in [3.05, 3.63) is 81.9 Å². The molecule has 0 spiro atoms. The van der Waals surface area contributed by atoms with Crippen LogP contribution in [0.5, 0.6) is 5.75 Å². The molecule has 1 fully saturated rings. The van der Waals surface area contributed by atoms with Crippen molar-refractivity contribution in [2.45, 2.75) is 64.3 Å². The van der Waals surface area contributed by atoms with E-state index in [1.54, 1.807) is 28.0 Å². The molecule has 232 valence electrons. The maximum absolute atomic E-state index is 14.3. The number of rotatable bonds is 9. The highest BCUT2D eigenvalue weighted by Crippen LogP contribution is 2.43. The second-order valence-electron chi connectivity index (χ2n) is 11.6. The number of carbonyl (C=O) groups is 3. The number of benzene rings is 2. The van der Waals surface area contributed by atoms with Gasteiger partial charge < -0.3 is 24.2 Å². The van der Waals surface area contributed by atoms with Crippen molar-refractivity contribution in [1.82, 2.24) is 19.4 Å². The number of ether oxygens (including phenoxy) is 1. The van der Waals surface area contributed by atoms with Gasteiger partial charge in [-0.3, -0.25) is 14.4 Å². The van der Waals surface area contributed by atoms with Gasteiger partial charge in [-0.25, -0.2) is 13.8 Å². The molecule has 2 aromatic carbocycles.